The molecule has 1 rings (SSSR count). The number of carbonyl (C=O) groups is 1. The third-order valence-corrected chi connectivity index (χ3v) is 2.44. The van der Waals surface area contributed by atoms with E-state index >= 15 is 0 Å². The average molecular weight is 267 g/mol. The summed E-state index contributed by atoms with van der Waals surface area (Å²) in [5.74, 6) is -0.192. The molecule has 106 valence electrons. The first kappa shape index (κ1) is 15.4. The van der Waals surface area contributed by atoms with Crippen LogP contribution < -0.4 is 10.6 Å². The van der Waals surface area contributed by atoms with E-state index in [1.54, 1.807) is 26.5 Å². The van der Waals surface area contributed by atoms with Gasteiger partial charge >= 0.3 is 0 Å². The molecule has 0 saturated carbocycles. The molecule has 0 aliphatic carbocycles. The summed E-state index contributed by atoms with van der Waals surface area (Å²) in [5.41, 5.74) is 1.29. The molecule has 0 aromatic carbocycles. The van der Waals surface area contributed by atoms with Crippen LogP contribution in [0.4, 0.5) is 5.69 Å². The van der Waals surface area contributed by atoms with Gasteiger partial charge in [-0.05, 0) is 18.6 Å². The maximum Gasteiger partial charge on any atom is 0.269 e. The monoisotopic (exact) mass is 267 g/mol. The van der Waals surface area contributed by atoms with Gasteiger partial charge in [-0.3, -0.25) is 4.79 Å². The highest BCUT2D eigenvalue weighted by Crippen LogP contribution is 2.06. The van der Waals surface area contributed by atoms with E-state index in [-0.39, 0.29) is 5.91 Å². The summed E-state index contributed by atoms with van der Waals surface area (Å²) < 4.78 is 9.81. The van der Waals surface area contributed by atoms with E-state index in [1.165, 1.54) is 0 Å². The summed E-state index contributed by atoms with van der Waals surface area (Å²) in [6.45, 7) is 2.51. The third kappa shape index (κ3) is 6.17. The van der Waals surface area contributed by atoms with Crippen molar-refractivity contribution in [2.75, 3.05) is 45.8 Å². The number of hydrogen-bond donors (Lipinski definition) is 2. The van der Waals surface area contributed by atoms with Crippen LogP contribution in [-0.2, 0) is 9.47 Å². The minimum atomic E-state index is -0.192. The second-order valence-corrected chi connectivity index (χ2v) is 3.95. The van der Waals surface area contributed by atoms with Crippen molar-refractivity contribution < 1.29 is 14.3 Å². The maximum atomic E-state index is 11.7. The molecule has 1 heterocycles. The van der Waals surface area contributed by atoms with E-state index in [4.69, 9.17) is 9.47 Å². The maximum absolute atomic E-state index is 11.7. The molecule has 0 aliphatic heterocycles. The van der Waals surface area contributed by atoms with E-state index in [9.17, 15) is 4.79 Å². The number of rotatable bonds is 9. The van der Waals surface area contributed by atoms with Crippen LogP contribution in [0.15, 0.2) is 18.3 Å². The van der Waals surface area contributed by atoms with Gasteiger partial charge in [0.15, 0.2) is 0 Å². The van der Waals surface area contributed by atoms with Crippen molar-refractivity contribution >= 4 is 11.6 Å². The SMILES string of the molecule is COCCCNc1ccc(C(=O)NCCOC)nc1. The molecule has 1 aromatic rings. The summed E-state index contributed by atoms with van der Waals surface area (Å²) in [5, 5.41) is 5.92. The molecule has 0 unspecified atom stereocenters. The van der Waals surface area contributed by atoms with Gasteiger partial charge in [0.1, 0.15) is 5.69 Å². The van der Waals surface area contributed by atoms with Crippen LogP contribution in [0.2, 0.25) is 0 Å². The second kappa shape index (κ2) is 9.29. The molecule has 0 bridgehead atoms. The van der Waals surface area contributed by atoms with Crippen molar-refractivity contribution in [1.82, 2.24) is 10.3 Å². The molecule has 2 N–H and O–H groups in total. The average Bonchev–Trinajstić information content (AvgIpc) is 2.44. The lowest BCUT2D eigenvalue weighted by Crippen LogP contribution is -2.27. The number of pyridine rings is 1. The molecule has 0 fully saturated rings. The number of carbonyl (C=O) groups excluding carboxylic acids is 1. The molecule has 6 heteroatoms. The summed E-state index contributed by atoms with van der Waals surface area (Å²) in [7, 11) is 3.27. The minimum Gasteiger partial charge on any atom is -0.385 e. The fraction of sp³-hybridized carbons (Fsp3) is 0.538. The van der Waals surface area contributed by atoms with Gasteiger partial charge in [-0.2, -0.15) is 0 Å². The number of aromatic nitrogens is 1. The van der Waals surface area contributed by atoms with Crippen molar-refractivity contribution in [1.29, 1.82) is 0 Å². The molecule has 1 aromatic heterocycles. The lowest BCUT2D eigenvalue weighted by Gasteiger charge is -2.07. The molecule has 0 atom stereocenters. The van der Waals surface area contributed by atoms with Crippen LogP contribution in [0, 0.1) is 0 Å². The quantitative estimate of drug-likeness (QED) is 0.651. The molecule has 0 saturated heterocycles. The molecule has 0 spiro atoms. The number of nitrogens with one attached hydrogen (secondary N) is 2. The van der Waals surface area contributed by atoms with Gasteiger partial charge in [0.05, 0.1) is 18.5 Å². The highest BCUT2D eigenvalue weighted by molar-refractivity contribution is 5.92. The van der Waals surface area contributed by atoms with Gasteiger partial charge in [-0.25, -0.2) is 4.98 Å². The number of nitrogens with zero attached hydrogens (tertiary/aromatic N) is 1. The molecular formula is C13H21N3O3. The zero-order valence-electron chi connectivity index (χ0n) is 11.4. The van der Waals surface area contributed by atoms with Crippen LogP contribution in [0.25, 0.3) is 0 Å². The first-order valence-electron chi connectivity index (χ1n) is 6.24. The van der Waals surface area contributed by atoms with E-state index in [1.807, 2.05) is 6.07 Å². The standard InChI is InChI=1S/C13H21N3O3/c1-18-8-3-6-14-11-4-5-12(16-10-11)13(17)15-7-9-19-2/h4-5,10,14H,3,6-9H2,1-2H3,(H,15,17). The van der Waals surface area contributed by atoms with E-state index in [0.29, 0.717) is 18.8 Å². The first-order chi connectivity index (χ1) is 9.27. The molecule has 1 amide bonds. The second-order valence-electron chi connectivity index (χ2n) is 3.95. The smallest absolute Gasteiger partial charge is 0.269 e. The summed E-state index contributed by atoms with van der Waals surface area (Å²) in [6, 6.07) is 3.53. The zero-order chi connectivity index (χ0) is 13.9. The van der Waals surface area contributed by atoms with Gasteiger partial charge in [0.2, 0.25) is 0 Å². The van der Waals surface area contributed by atoms with Gasteiger partial charge in [-0.15, -0.1) is 0 Å². The highest BCUT2D eigenvalue weighted by atomic mass is 16.5. The van der Waals surface area contributed by atoms with Crippen LogP contribution in [-0.4, -0.2) is 51.4 Å². The Kier molecular flexibility index (Phi) is 7.53. The Bertz CT molecular complexity index is 368. The fourth-order valence-corrected chi connectivity index (χ4v) is 1.44. The van der Waals surface area contributed by atoms with Crippen LogP contribution in [0.1, 0.15) is 16.9 Å². The largest absolute Gasteiger partial charge is 0.385 e. The normalized spacial score (nSPS) is 10.2. The molecule has 0 aliphatic rings. The molecule has 6 nitrogen and oxygen atoms in total. The predicted molar refractivity (Wildman–Crippen MR) is 73.4 cm³/mol. The van der Waals surface area contributed by atoms with Gasteiger partial charge < -0.3 is 20.1 Å². The van der Waals surface area contributed by atoms with E-state index in [2.05, 4.69) is 15.6 Å². The number of hydrogen-bond acceptors (Lipinski definition) is 5. The number of anilines is 1. The Balaban J connectivity index is 2.36. The highest BCUT2D eigenvalue weighted by Gasteiger charge is 2.05. The Morgan fingerprint density at radius 2 is 2.00 bits per heavy atom. The predicted octanol–water partition coefficient (Wildman–Crippen LogP) is 0.906. The van der Waals surface area contributed by atoms with Crippen molar-refractivity contribution in [3.05, 3.63) is 24.0 Å². The third-order valence-electron chi connectivity index (χ3n) is 2.44. The van der Waals surface area contributed by atoms with Gasteiger partial charge in [0, 0.05) is 33.9 Å². The molecular weight excluding hydrogens is 246 g/mol. The topological polar surface area (TPSA) is 72.5 Å². The van der Waals surface area contributed by atoms with E-state index in [0.717, 1.165) is 25.3 Å². The number of methoxy groups -OCH3 is 2. The number of amides is 1. The van der Waals surface area contributed by atoms with Gasteiger partial charge in [-0.1, -0.05) is 0 Å². The van der Waals surface area contributed by atoms with Crippen LogP contribution in [0.3, 0.4) is 0 Å². The Morgan fingerprint density at radius 1 is 1.21 bits per heavy atom. The summed E-state index contributed by atoms with van der Waals surface area (Å²) in [6.07, 6.45) is 2.58. The van der Waals surface area contributed by atoms with Crippen LogP contribution >= 0.6 is 0 Å². The molecule has 0 radical (unpaired) electrons. The first-order valence-corrected chi connectivity index (χ1v) is 6.24. The summed E-state index contributed by atoms with van der Waals surface area (Å²) >= 11 is 0. The Labute approximate surface area is 113 Å². The van der Waals surface area contributed by atoms with Gasteiger partial charge in [0.25, 0.3) is 5.91 Å². The van der Waals surface area contributed by atoms with Crippen molar-refractivity contribution in [3.8, 4) is 0 Å². The van der Waals surface area contributed by atoms with Crippen molar-refractivity contribution in [2.24, 2.45) is 0 Å². The van der Waals surface area contributed by atoms with E-state index < -0.39 is 0 Å². The van der Waals surface area contributed by atoms with Crippen molar-refractivity contribution in [2.45, 2.75) is 6.42 Å². The lowest BCUT2D eigenvalue weighted by molar-refractivity contribution is 0.0932. The Morgan fingerprint density at radius 3 is 2.63 bits per heavy atom. The fourth-order valence-electron chi connectivity index (χ4n) is 1.44. The minimum absolute atomic E-state index is 0.192. The lowest BCUT2D eigenvalue weighted by atomic mass is 10.3. The molecule has 19 heavy (non-hydrogen) atoms. The summed E-state index contributed by atoms with van der Waals surface area (Å²) in [4.78, 5) is 15.8. The van der Waals surface area contributed by atoms with Crippen molar-refractivity contribution in [3.63, 3.8) is 0 Å². The van der Waals surface area contributed by atoms with Crippen LogP contribution in [0.5, 0.6) is 0 Å². The zero-order valence-corrected chi connectivity index (χ0v) is 11.4. The number of ether oxygens (including phenoxy) is 2. The Hall–Kier alpha value is -1.66.